The summed E-state index contributed by atoms with van der Waals surface area (Å²) >= 11 is 0. The van der Waals surface area contributed by atoms with Gasteiger partial charge in [-0.05, 0) is 32.1 Å². The van der Waals surface area contributed by atoms with Crippen molar-refractivity contribution >= 4 is 57.9 Å². The van der Waals surface area contributed by atoms with Crippen LogP contribution in [0.5, 0.6) is 0 Å². The number of ether oxygens (including phenoxy) is 4. The van der Waals surface area contributed by atoms with Gasteiger partial charge in [0.05, 0.1) is 46.2 Å². The van der Waals surface area contributed by atoms with Crippen LogP contribution in [-0.2, 0) is 70.7 Å². The Morgan fingerprint density at radius 1 is 0.532 bits per heavy atom. The summed E-state index contributed by atoms with van der Waals surface area (Å²) < 4.78 is 51.6. The van der Waals surface area contributed by atoms with Gasteiger partial charge in [0, 0.05) is 84.3 Å². The quantitative estimate of drug-likeness (QED) is 0.0176. The molecule has 0 aliphatic rings. The van der Waals surface area contributed by atoms with Crippen LogP contribution >= 0.6 is 16.5 Å². The lowest BCUT2D eigenvalue weighted by Gasteiger charge is -2.24. The Labute approximate surface area is 362 Å². The first-order chi connectivity index (χ1) is 29.6. The zero-order valence-corrected chi connectivity index (χ0v) is 37.3. The molecular formula is C35H67N7O18P2. The SMILES string of the molecule is CCCOCCOCCNC(=O)CCC(=O)NCCOCCOCCNC(=O)CCC(=O)N[C@@H](CCCCNC(=O)CCC(=O)NCCCC(O)(O[PH](=O)O)O[PH](=O)O)C(N)=O. The van der Waals surface area contributed by atoms with E-state index in [0.717, 1.165) is 6.42 Å². The maximum absolute atomic E-state index is 12.3. The Balaban J connectivity index is 3.91. The van der Waals surface area contributed by atoms with Crippen LogP contribution in [0.1, 0.15) is 84.0 Å². The Kier molecular flexibility index (Phi) is 35.7. The molecule has 3 atom stereocenters. The fraction of sp³-hybridized carbons (Fsp3) is 0.800. The van der Waals surface area contributed by atoms with E-state index < -0.39 is 64.5 Å². The summed E-state index contributed by atoms with van der Waals surface area (Å²) in [6, 6.07) is -0.986. The maximum atomic E-state index is 12.3. The number of unbranched alkanes of at least 4 members (excludes halogenated alkanes) is 1. The van der Waals surface area contributed by atoms with Crippen LogP contribution in [0, 0.1) is 0 Å². The van der Waals surface area contributed by atoms with Gasteiger partial charge in [-0.1, -0.05) is 6.92 Å². The van der Waals surface area contributed by atoms with Crippen LogP contribution in [0.2, 0.25) is 0 Å². The van der Waals surface area contributed by atoms with Crippen molar-refractivity contribution in [1.82, 2.24) is 31.9 Å². The Morgan fingerprint density at radius 3 is 1.26 bits per heavy atom. The lowest BCUT2D eigenvalue weighted by atomic mass is 10.1. The van der Waals surface area contributed by atoms with Crippen molar-refractivity contribution in [2.24, 2.45) is 5.73 Å². The second kappa shape index (κ2) is 37.9. The summed E-state index contributed by atoms with van der Waals surface area (Å²) in [6.45, 7) is 5.92. The van der Waals surface area contributed by atoms with Crippen molar-refractivity contribution in [3.8, 4) is 0 Å². The Bertz CT molecular complexity index is 1370. The average molecular weight is 936 g/mol. The molecule has 0 fully saturated rings. The minimum atomic E-state index is -3.71. The standard InChI is InChI=1S/C35H67N7O18P2/c1-2-19-55-23-24-56-20-16-39-30(45)9-10-31(46)40-17-21-57-25-26-58-22-18-41-32(47)11-12-33(48)42-27(34(36)49)6-3-4-14-37-28(43)7-8-29(44)38-15-5-13-35(50,59-61(51)52)60-62(53)54/h27,50,61-62H,2-26H2,1H3,(H2,36,49)(H,37,43)(H,38,44)(H,39,45)(H,40,46)(H,41,47)(H,42,48)(H,51,52)(H,53,54)/t27-/m0/s1. The lowest BCUT2D eigenvalue weighted by Crippen LogP contribution is -2.44. The van der Waals surface area contributed by atoms with Gasteiger partial charge in [-0.25, -0.2) is 0 Å². The molecule has 11 N–H and O–H groups in total. The maximum Gasteiger partial charge on any atom is 0.320 e. The molecule has 0 aliphatic heterocycles. The normalized spacial score (nSPS) is 13.5. The molecule has 0 radical (unpaired) electrons. The summed E-state index contributed by atoms with van der Waals surface area (Å²) in [7, 11) is -7.41. The summed E-state index contributed by atoms with van der Waals surface area (Å²) in [5.41, 5.74) is 5.41. The second-order valence-corrected chi connectivity index (χ2v) is 14.7. The molecule has 0 aromatic carbocycles. The minimum Gasteiger partial charge on any atom is -0.379 e. The van der Waals surface area contributed by atoms with Crippen LogP contribution in [-0.4, -0.2) is 154 Å². The Hall–Kier alpha value is -3.61. The van der Waals surface area contributed by atoms with Gasteiger partial charge in [0.15, 0.2) is 0 Å². The first-order valence-electron chi connectivity index (χ1n) is 20.4. The van der Waals surface area contributed by atoms with Gasteiger partial charge in [-0.2, -0.15) is 0 Å². The third-order valence-electron chi connectivity index (χ3n) is 7.94. The lowest BCUT2D eigenvalue weighted by molar-refractivity contribution is -0.277. The second-order valence-electron chi connectivity index (χ2n) is 13.3. The third-order valence-corrected chi connectivity index (χ3v) is 8.93. The molecule has 7 amide bonds. The molecule has 0 aliphatic carbocycles. The van der Waals surface area contributed by atoms with Crippen LogP contribution in [0.25, 0.3) is 0 Å². The van der Waals surface area contributed by atoms with E-state index in [1.54, 1.807) is 0 Å². The zero-order chi connectivity index (χ0) is 46.4. The first kappa shape index (κ1) is 58.4. The predicted octanol–water partition coefficient (Wildman–Crippen LogP) is -2.25. The topological polar surface area (TPSA) is 368 Å². The number of amides is 7. The van der Waals surface area contributed by atoms with Crippen LogP contribution in [0.3, 0.4) is 0 Å². The highest BCUT2D eigenvalue weighted by Gasteiger charge is 2.33. The van der Waals surface area contributed by atoms with E-state index in [1.807, 2.05) is 6.92 Å². The van der Waals surface area contributed by atoms with Gasteiger partial charge < -0.3 is 71.5 Å². The summed E-state index contributed by atoms with van der Waals surface area (Å²) in [5.74, 6) is -5.95. The Morgan fingerprint density at radius 2 is 0.887 bits per heavy atom. The molecule has 25 nitrogen and oxygen atoms in total. The molecule has 0 spiro atoms. The van der Waals surface area contributed by atoms with E-state index in [0.29, 0.717) is 45.8 Å². The molecule has 0 aromatic rings. The van der Waals surface area contributed by atoms with Crippen LogP contribution in [0.4, 0.5) is 0 Å². The number of hydrogen-bond donors (Lipinski definition) is 10. The number of rotatable bonds is 41. The van der Waals surface area contributed by atoms with Gasteiger partial charge in [0.25, 0.3) is 5.97 Å². The first-order valence-corrected chi connectivity index (χ1v) is 22.9. The molecule has 27 heteroatoms. The highest BCUT2D eigenvalue weighted by atomic mass is 31.1. The van der Waals surface area contributed by atoms with Gasteiger partial charge in [-0.3, -0.25) is 51.7 Å². The number of aliphatic hydroxyl groups is 1. The van der Waals surface area contributed by atoms with Crippen molar-refractivity contribution in [2.75, 3.05) is 85.6 Å². The van der Waals surface area contributed by atoms with E-state index in [-0.39, 0.29) is 116 Å². The number of carbonyl (C=O) groups excluding carboxylic acids is 7. The number of carbonyl (C=O) groups is 7. The molecule has 2 unspecified atom stereocenters. The molecule has 0 heterocycles. The highest BCUT2D eigenvalue weighted by molar-refractivity contribution is 7.33. The van der Waals surface area contributed by atoms with Gasteiger partial charge in [0.2, 0.25) is 41.4 Å². The van der Waals surface area contributed by atoms with Gasteiger partial charge in [-0.15, -0.1) is 0 Å². The monoisotopic (exact) mass is 935 g/mol. The van der Waals surface area contributed by atoms with E-state index in [1.165, 1.54) is 0 Å². The molecule has 0 rings (SSSR count). The number of nitrogens with one attached hydrogen (secondary N) is 6. The van der Waals surface area contributed by atoms with Crippen LogP contribution < -0.4 is 37.6 Å². The number of nitrogens with two attached hydrogens (primary N) is 1. The number of hydrogen-bond acceptors (Lipinski definition) is 16. The molecule has 360 valence electrons. The van der Waals surface area contributed by atoms with Crippen molar-refractivity contribution in [3.63, 3.8) is 0 Å². The largest absolute Gasteiger partial charge is 0.379 e. The molecule has 0 saturated carbocycles. The van der Waals surface area contributed by atoms with Gasteiger partial charge in [0.1, 0.15) is 6.04 Å². The van der Waals surface area contributed by atoms with Gasteiger partial charge >= 0.3 is 16.5 Å². The fourth-order valence-corrected chi connectivity index (χ4v) is 5.80. The van der Waals surface area contributed by atoms with E-state index in [9.17, 15) is 47.8 Å². The van der Waals surface area contributed by atoms with E-state index >= 15 is 0 Å². The minimum absolute atomic E-state index is 0.0458. The molecule has 0 saturated heterocycles. The summed E-state index contributed by atoms with van der Waals surface area (Å²) in [6.07, 6.45) is 0.830. The smallest absolute Gasteiger partial charge is 0.320 e. The third kappa shape index (κ3) is 37.0. The van der Waals surface area contributed by atoms with Crippen LogP contribution in [0.15, 0.2) is 0 Å². The van der Waals surface area contributed by atoms with E-state index in [2.05, 4.69) is 40.9 Å². The number of primary amides is 1. The highest BCUT2D eigenvalue weighted by Crippen LogP contribution is 2.35. The predicted molar refractivity (Wildman–Crippen MR) is 220 cm³/mol. The summed E-state index contributed by atoms with van der Waals surface area (Å²) in [5, 5.41) is 25.4. The fourth-order valence-electron chi connectivity index (χ4n) is 4.89. The van der Waals surface area contributed by atoms with E-state index in [4.69, 9.17) is 34.5 Å². The van der Waals surface area contributed by atoms with Crippen molar-refractivity contribution in [3.05, 3.63) is 0 Å². The summed E-state index contributed by atoms with van der Waals surface area (Å²) in [4.78, 5) is 102. The average Bonchev–Trinajstić information content (AvgIpc) is 3.20. The molecule has 62 heavy (non-hydrogen) atoms. The van der Waals surface area contributed by atoms with Crippen molar-refractivity contribution in [1.29, 1.82) is 0 Å². The molecule has 0 bridgehead atoms. The molecular weight excluding hydrogens is 868 g/mol. The van der Waals surface area contributed by atoms with Crippen molar-refractivity contribution < 1.29 is 85.6 Å². The van der Waals surface area contributed by atoms with Crippen molar-refractivity contribution in [2.45, 2.75) is 96.0 Å². The zero-order valence-electron chi connectivity index (χ0n) is 35.3. The molecule has 0 aromatic heterocycles.